The van der Waals surface area contributed by atoms with Crippen LogP contribution in [-0.4, -0.2) is 37.0 Å². The summed E-state index contributed by atoms with van der Waals surface area (Å²) >= 11 is 0. The number of anilines is 1. The number of halogens is 2. The number of piperidine rings is 1. The molecule has 0 spiro atoms. The summed E-state index contributed by atoms with van der Waals surface area (Å²) in [7, 11) is 1.59. The topological polar surface area (TPSA) is 32.8 Å². The molecule has 0 unspecified atom stereocenters. The zero-order valence-electron chi connectivity index (χ0n) is 15.6. The van der Waals surface area contributed by atoms with E-state index in [0.717, 1.165) is 18.5 Å². The zero-order valence-corrected chi connectivity index (χ0v) is 15.6. The van der Waals surface area contributed by atoms with E-state index in [1.807, 2.05) is 29.2 Å². The Morgan fingerprint density at radius 3 is 2.37 bits per heavy atom. The number of hydrogen-bond donors (Lipinski definition) is 0. The second-order valence-corrected chi connectivity index (χ2v) is 6.80. The first-order valence-corrected chi connectivity index (χ1v) is 9.08. The lowest BCUT2D eigenvalue weighted by Crippen LogP contribution is -2.46. The third-order valence-electron chi connectivity index (χ3n) is 5.04. The Morgan fingerprint density at radius 2 is 1.78 bits per heavy atom. The van der Waals surface area contributed by atoms with Crippen LogP contribution >= 0.6 is 0 Å². The molecule has 1 amide bonds. The zero-order chi connectivity index (χ0) is 19.4. The van der Waals surface area contributed by atoms with Crippen LogP contribution in [0, 0.1) is 11.6 Å². The first kappa shape index (κ1) is 19.3. The maximum Gasteiger partial charge on any atom is 0.224 e. The van der Waals surface area contributed by atoms with Gasteiger partial charge in [0.2, 0.25) is 5.91 Å². The first-order chi connectivity index (χ1) is 13.0. The fraction of sp³-hybridized carbons (Fsp3) is 0.381. The van der Waals surface area contributed by atoms with Gasteiger partial charge < -0.3 is 9.64 Å². The van der Waals surface area contributed by atoms with E-state index < -0.39 is 11.6 Å². The van der Waals surface area contributed by atoms with Gasteiger partial charge in [0.25, 0.3) is 0 Å². The SMILES string of the molecule is COc1cccc(N(C(C)=O)C2CCN(Cc3c(F)cccc3F)CC2)c1. The van der Waals surface area contributed by atoms with Crippen molar-refractivity contribution in [3.63, 3.8) is 0 Å². The van der Waals surface area contributed by atoms with E-state index in [1.165, 1.54) is 18.2 Å². The molecule has 0 radical (unpaired) electrons. The van der Waals surface area contributed by atoms with Crippen molar-refractivity contribution in [2.24, 2.45) is 0 Å². The number of carbonyl (C=O) groups excluding carboxylic acids is 1. The minimum Gasteiger partial charge on any atom is -0.497 e. The van der Waals surface area contributed by atoms with E-state index in [1.54, 1.807) is 18.9 Å². The number of nitrogens with zero attached hydrogens (tertiary/aromatic N) is 2. The van der Waals surface area contributed by atoms with Gasteiger partial charge in [-0.1, -0.05) is 12.1 Å². The average Bonchev–Trinajstić information content (AvgIpc) is 2.66. The lowest BCUT2D eigenvalue weighted by molar-refractivity contribution is -0.117. The number of amides is 1. The molecule has 0 bridgehead atoms. The summed E-state index contributed by atoms with van der Waals surface area (Å²) < 4.78 is 33.0. The summed E-state index contributed by atoms with van der Waals surface area (Å²) in [6.45, 7) is 3.14. The summed E-state index contributed by atoms with van der Waals surface area (Å²) in [6, 6.07) is 11.4. The Balaban J connectivity index is 1.68. The van der Waals surface area contributed by atoms with Crippen LogP contribution in [0.1, 0.15) is 25.3 Å². The Morgan fingerprint density at radius 1 is 1.15 bits per heavy atom. The molecule has 4 nitrogen and oxygen atoms in total. The second kappa shape index (κ2) is 8.48. The van der Waals surface area contributed by atoms with Gasteiger partial charge in [0.1, 0.15) is 17.4 Å². The molecular formula is C21H24F2N2O2. The fourth-order valence-electron chi connectivity index (χ4n) is 3.65. The van der Waals surface area contributed by atoms with Crippen molar-refractivity contribution in [2.75, 3.05) is 25.1 Å². The van der Waals surface area contributed by atoms with Crippen LogP contribution in [0.25, 0.3) is 0 Å². The molecule has 1 aliphatic heterocycles. The highest BCUT2D eigenvalue weighted by molar-refractivity contribution is 5.92. The first-order valence-electron chi connectivity index (χ1n) is 9.08. The molecule has 6 heteroatoms. The van der Waals surface area contributed by atoms with E-state index in [2.05, 4.69) is 0 Å². The summed E-state index contributed by atoms with van der Waals surface area (Å²) in [5.41, 5.74) is 0.910. The van der Waals surface area contributed by atoms with E-state index in [0.29, 0.717) is 18.8 Å². The van der Waals surface area contributed by atoms with Crippen LogP contribution in [0.5, 0.6) is 5.75 Å². The van der Waals surface area contributed by atoms with Crippen molar-refractivity contribution in [3.8, 4) is 5.75 Å². The van der Waals surface area contributed by atoms with Gasteiger partial charge in [0.15, 0.2) is 0 Å². The summed E-state index contributed by atoms with van der Waals surface area (Å²) in [4.78, 5) is 16.1. The molecule has 1 fully saturated rings. The Bertz CT molecular complexity index is 784. The van der Waals surface area contributed by atoms with Crippen LogP contribution in [0.15, 0.2) is 42.5 Å². The van der Waals surface area contributed by atoms with E-state index in [9.17, 15) is 13.6 Å². The van der Waals surface area contributed by atoms with Crippen LogP contribution < -0.4 is 9.64 Å². The molecule has 1 saturated heterocycles. The minimum absolute atomic E-state index is 0.0261. The number of carbonyl (C=O) groups is 1. The maximum atomic E-state index is 13.9. The van der Waals surface area contributed by atoms with Gasteiger partial charge in [-0.2, -0.15) is 0 Å². The number of benzene rings is 2. The predicted molar refractivity (Wildman–Crippen MR) is 101 cm³/mol. The van der Waals surface area contributed by atoms with Crippen molar-refractivity contribution in [1.29, 1.82) is 0 Å². The van der Waals surface area contributed by atoms with Crippen molar-refractivity contribution in [1.82, 2.24) is 4.90 Å². The largest absolute Gasteiger partial charge is 0.497 e. The highest BCUT2D eigenvalue weighted by Gasteiger charge is 2.28. The van der Waals surface area contributed by atoms with E-state index in [4.69, 9.17) is 4.74 Å². The quantitative estimate of drug-likeness (QED) is 0.793. The molecule has 0 atom stereocenters. The normalized spacial score (nSPS) is 15.6. The average molecular weight is 374 g/mol. The number of likely N-dealkylation sites (tertiary alicyclic amines) is 1. The minimum atomic E-state index is -0.515. The molecule has 27 heavy (non-hydrogen) atoms. The Hall–Kier alpha value is -2.47. The van der Waals surface area contributed by atoms with Gasteiger partial charge in [-0.15, -0.1) is 0 Å². The van der Waals surface area contributed by atoms with Crippen LogP contribution in [0.3, 0.4) is 0 Å². The Labute approximate surface area is 158 Å². The van der Waals surface area contributed by atoms with Crippen LogP contribution in [-0.2, 0) is 11.3 Å². The number of ether oxygens (including phenoxy) is 1. The third kappa shape index (κ3) is 4.45. The molecule has 2 aromatic rings. The van der Waals surface area contributed by atoms with Crippen molar-refractivity contribution in [2.45, 2.75) is 32.4 Å². The summed E-state index contributed by atoms with van der Waals surface area (Å²) in [5, 5.41) is 0. The molecule has 0 aliphatic carbocycles. The highest BCUT2D eigenvalue weighted by atomic mass is 19.1. The highest BCUT2D eigenvalue weighted by Crippen LogP contribution is 2.28. The lowest BCUT2D eigenvalue weighted by Gasteiger charge is -2.38. The van der Waals surface area contributed by atoms with Gasteiger partial charge in [-0.05, 0) is 37.1 Å². The van der Waals surface area contributed by atoms with E-state index in [-0.39, 0.29) is 24.1 Å². The molecular weight excluding hydrogens is 350 g/mol. The molecule has 1 heterocycles. The molecule has 2 aromatic carbocycles. The van der Waals surface area contributed by atoms with Gasteiger partial charge in [0.05, 0.1) is 7.11 Å². The summed E-state index contributed by atoms with van der Waals surface area (Å²) in [5.74, 6) is -0.356. The molecule has 0 aromatic heterocycles. The number of methoxy groups -OCH3 is 1. The smallest absolute Gasteiger partial charge is 0.224 e. The monoisotopic (exact) mass is 374 g/mol. The predicted octanol–water partition coefficient (Wildman–Crippen LogP) is 3.99. The third-order valence-corrected chi connectivity index (χ3v) is 5.04. The fourth-order valence-corrected chi connectivity index (χ4v) is 3.65. The standard InChI is InChI=1S/C21H24F2N2O2/c1-15(26)25(17-5-3-6-18(13-17)27-2)16-9-11-24(12-10-16)14-19-20(22)7-4-8-21(19)23/h3-8,13,16H,9-12,14H2,1-2H3. The second-order valence-electron chi connectivity index (χ2n) is 6.80. The van der Waals surface area contributed by atoms with Crippen LogP contribution in [0.2, 0.25) is 0 Å². The molecule has 1 aliphatic rings. The van der Waals surface area contributed by atoms with Gasteiger partial charge >= 0.3 is 0 Å². The number of hydrogen-bond acceptors (Lipinski definition) is 3. The van der Waals surface area contributed by atoms with Gasteiger partial charge in [-0.3, -0.25) is 9.69 Å². The number of rotatable bonds is 5. The van der Waals surface area contributed by atoms with E-state index >= 15 is 0 Å². The molecule has 0 saturated carbocycles. The lowest BCUT2D eigenvalue weighted by atomic mass is 10.0. The molecule has 0 N–H and O–H groups in total. The molecule has 144 valence electrons. The van der Waals surface area contributed by atoms with Crippen molar-refractivity contribution < 1.29 is 18.3 Å². The van der Waals surface area contributed by atoms with Crippen molar-refractivity contribution >= 4 is 11.6 Å². The van der Waals surface area contributed by atoms with Gasteiger partial charge in [-0.25, -0.2) is 8.78 Å². The van der Waals surface area contributed by atoms with Crippen LogP contribution in [0.4, 0.5) is 14.5 Å². The Kier molecular flexibility index (Phi) is 6.06. The van der Waals surface area contributed by atoms with Crippen molar-refractivity contribution in [3.05, 3.63) is 59.7 Å². The van der Waals surface area contributed by atoms with Gasteiger partial charge in [0, 0.05) is 49.9 Å². The summed E-state index contributed by atoms with van der Waals surface area (Å²) in [6.07, 6.45) is 1.49. The molecule has 3 rings (SSSR count). The maximum absolute atomic E-state index is 13.9.